The predicted molar refractivity (Wildman–Crippen MR) is 71.2 cm³/mol. The Bertz CT molecular complexity index is 610. The molecule has 0 aromatic heterocycles. The van der Waals surface area contributed by atoms with Crippen LogP contribution in [0.1, 0.15) is 0 Å². The number of anilines is 1. The van der Waals surface area contributed by atoms with Crippen LogP contribution in [-0.4, -0.2) is 32.7 Å². The van der Waals surface area contributed by atoms with Gasteiger partial charge in [-0.3, -0.25) is 4.79 Å². The number of carbonyl (C=O) groups excluding carboxylic acids is 1. The van der Waals surface area contributed by atoms with Crippen LogP contribution >= 0.6 is 0 Å². The van der Waals surface area contributed by atoms with Crippen LogP contribution in [0.4, 0.5) is 5.69 Å². The molecule has 0 aliphatic carbocycles. The Kier molecular flexibility index (Phi) is 3.75. The molecule has 1 aromatic carbocycles. The van der Waals surface area contributed by atoms with Crippen molar-refractivity contribution in [1.29, 1.82) is 0 Å². The van der Waals surface area contributed by atoms with Crippen molar-refractivity contribution in [3.05, 3.63) is 35.7 Å². The zero-order chi connectivity index (χ0) is 13.9. The van der Waals surface area contributed by atoms with Crippen molar-refractivity contribution in [2.45, 2.75) is 6.04 Å². The minimum Gasteiger partial charge on any atom is -0.482 e. The second-order valence-corrected chi connectivity index (χ2v) is 6.09. The van der Waals surface area contributed by atoms with E-state index in [0.717, 1.165) is 5.41 Å². The molecule has 1 heterocycles. The minimum atomic E-state index is -3.17. The fraction of sp³-hybridized carbons (Fsp3) is 0.250. The van der Waals surface area contributed by atoms with E-state index >= 15 is 0 Å². The van der Waals surface area contributed by atoms with Gasteiger partial charge in [0.1, 0.15) is 5.75 Å². The van der Waals surface area contributed by atoms with Gasteiger partial charge in [-0.05, 0) is 18.2 Å². The number of nitrogens with two attached hydrogens (primary N) is 1. The molecular weight excluding hydrogens is 268 g/mol. The summed E-state index contributed by atoms with van der Waals surface area (Å²) >= 11 is 0. The molecule has 1 amide bonds. The quantitative estimate of drug-likeness (QED) is 0.762. The van der Waals surface area contributed by atoms with E-state index in [1.807, 2.05) is 0 Å². The maximum absolute atomic E-state index is 11.6. The number of ether oxygens (including phenoxy) is 1. The van der Waals surface area contributed by atoms with Gasteiger partial charge >= 0.3 is 0 Å². The van der Waals surface area contributed by atoms with Crippen molar-refractivity contribution in [2.24, 2.45) is 0 Å². The molecule has 1 unspecified atom stereocenters. The lowest BCUT2D eigenvalue weighted by Gasteiger charge is -2.11. The standard InChI is InChI=1S/C12H14N2O4S/c13-10-3-1-2-4-11(10)18-7-12(15)14-9-5-6-19(16,17)8-9/h1-6,9H,7-8,13H2,(H,14,15). The van der Waals surface area contributed by atoms with Crippen molar-refractivity contribution in [2.75, 3.05) is 18.1 Å². The summed E-state index contributed by atoms with van der Waals surface area (Å²) in [5.74, 6) is -0.0751. The summed E-state index contributed by atoms with van der Waals surface area (Å²) in [6, 6.07) is 6.34. The number of para-hydroxylation sites is 2. The summed E-state index contributed by atoms with van der Waals surface area (Å²) in [6.07, 6.45) is 1.45. The molecule has 2 rings (SSSR count). The topological polar surface area (TPSA) is 98.5 Å². The molecule has 1 aliphatic heterocycles. The van der Waals surface area contributed by atoms with E-state index in [2.05, 4.69) is 5.32 Å². The van der Waals surface area contributed by atoms with Crippen LogP contribution in [0.3, 0.4) is 0 Å². The van der Waals surface area contributed by atoms with E-state index in [-0.39, 0.29) is 12.4 Å². The van der Waals surface area contributed by atoms with Gasteiger partial charge < -0.3 is 15.8 Å². The Morgan fingerprint density at radius 3 is 2.79 bits per heavy atom. The molecular formula is C12H14N2O4S. The largest absolute Gasteiger partial charge is 0.482 e. The van der Waals surface area contributed by atoms with Gasteiger partial charge in [0.05, 0.1) is 17.5 Å². The summed E-state index contributed by atoms with van der Waals surface area (Å²) in [4.78, 5) is 11.6. The number of nitrogens with one attached hydrogen (secondary N) is 1. The maximum Gasteiger partial charge on any atom is 0.258 e. The fourth-order valence-electron chi connectivity index (χ4n) is 1.67. The molecule has 1 atom stereocenters. The zero-order valence-corrected chi connectivity index (χ0v) is 10.9. The Hall–Kier alpha value is -2.02. The molecule has 1 aliphatic rings. The molecule has 0 spiro atoms. The minimum absolute atomic E-state index is 0.105. The summed E-state index contributed by atoms with van der Waals surface area (Å²) in [7, 11) is -3.17. The van der Waals surface area contributed by atoms with E-state index < -0.39 is 21.8 Å². The van der Waals surface area contributed by atoms with Crippen molar-refractivity contribution >= 4 is 21.4 Å². The maximum atomic E-state index is 11.6. The van der Waals surface area contributed by atoms with Gasteiger partial charge in [-0.15, -0.1) is 0 Å². The second kappa shape index (κ2) is 5.31. The van der Waals surface area contributed by atoms with Gasteiger partial charge in [-0.25, -0.2) is 8.42 Å². The van der Waals surface area contributed by atoms with Crippen molar-refractivity contribution in [1.82, 2.24) is 5.32 Å². The van der Waals surface area contributed by atoms with E-state index in [1.165, 1.54) is 6.08 Å². The first kappa shape index (κ1) is 13.4. The van der Waals surface area contributed by atoms with Gasteiger partial charge in [-0.1, -0.05) is 12.1 Å². The van der Waals surface area contributed by atoms with Gasteiger partial charge in [0, 0.05) is 5.41 Å². The number of rotatable bonds is 4. The SMILES string of the molecule is Nc1ccccc1OCC(=O)NC1C=CS(=O)(=O)C1. The molecule has 6 nitrogen and oxygen atoms in total. The average molecular weight is 282 g/mol. The van der Waals surface area contributed by atoms with E-state index in [0.29, 0.717) is 11.4 Å². The number of hydrogen-bond donors (Lipinski definition) is 2. The average Bonchev–Trinajstić information content (AvgIpc) is 2.67. The van der Waals surface area contributed by atoms with Crippen LogP contribution in [0.25, 0.3) is 0 Å². The number of amides is 1. The molecule has 1 aromatic rings. The van der Waals surface area contributed by atoms with Gasteiger partial charge in [0.15, 0.2) is 16.4 Å². The van der Waals surface area contributed by atoms with Gasteiger partial charge in [0.2, 0.25) is 0 Å². The number of carbonyl (C=O) groups is 1. The molecule has 3 N–H and O–H groups in total. The van der Waals surface area contributed by atoms with Crippen LogP contribution in [0.15, 0.2) is 35.7 Å². The van der Waals surface area contributed by atoms with Gasteiger partial charge in [0.25, 0.3) is 5.91 Å². The van der Waals surface area contributed by atoms with Crippen molar-refractivity contribution in [3.8, 4) is 5.75 Å². The number of sulfone groups is 1. The zero-order valence-electron chi connectivity index (χ0n) is 10.1. The first-order valence-corrected chi connectivity index (χ1v) is 7.35. The Balaban J connectivity index is 1.83. The molecule has 0 radical (unpaired) electrons. The van der Waals surface area contributed by atoms with Crippen molar-refractivity contribution < 1.29 is 17.9 Å². The third kappa shape index (κ3) is 3.72. The summed E-state index contributed by atoms with van der Waals surface area (Å²) < 4.78 is 27.6. The Morgan fingerprint density at radius 1 is 1.42 bits per heavy atom. The first-order valence-electron chi connectivity index (χ1n) is 5.64. The van der Waals surface area contributed by atoms with E-state index in [1.54, 1.807) is 24.3 Å². The molecule has 0 saturated heterocycles. The Labute approximate surface area is 111 Å². The number of hydrogen-bond acceptors (Lipinski definition) is 5. The molecule has 0 fully saturated rings. The lowest BCUT2D eigenvalue weighted by molar-refractivity contribution is -0.123. The lowest BCUT2D eigenvalue weighted by atomic mass is 10.3. The first-order chi connectivity index (χ1) is 8.96. The molecule has 7 heteroatoms. The van der Waals surface area contributed by atoms with Crippen LogP contribution in [0.2, 0.25) is 0 Å². The lowest BCUT2D eigenvalue weighted by Crippen LogP contribution is -2.38. The highest BCUT2D eigenvalue weighted by atomic mass is 32.2. The monoisotopic (exact) mass is 282 g/mol. The van der Waals surface area contributed by atoms with Crippen LogP contribution in [0.5, 0.6) is 5.75 Å². The summed E-state index contributed by atoms with van der Waals surface area (Å²) in [5.41, 5.74) is 6.10. The third-order valence-corrected chi connectivity index (χ3v) is 3.95. The van der Waals surface area contributed by atoms with Crippen LogP contribution in [-0.2, 0) is 14.6 Å². The van der Waals surface area contributed by atoms with Crippen molar-refractivity contribution in [3.63, 3.8) is 0 Å². The van der Waals surface area contributed by atoms with E-state index in [9.17, 15) is 13.2 Å². The fourth-order valence-corrected chi connectivity index (χ4v) is 2.90. The highest BCUT2D eigenvalue weighted by molar-refractivity contribution is 7.94. The predicted octanol–water partition coefficient (Wildman–Crippen LogP) is 0.0745. The smallest absolute Gasteiger partial charge is 0.258 e. The summed E-state index contributed by atoms with van der Waals surface area (Å²) in [6.45, 7) is -0.210. The molecule has 19 heavy (non-hydrogen) atoms. The van der Waals surface area contributed by atoms with Crippen LogP contribution < -0.4 is 15.8 Å². The third-order valence-electron chi connectivity index (χ3n) is 2.55. The van der Waals surface area contributed by atoms with Crippen LogP contribution in [0, 0.1) is 0 Å². The molecule has 0 bridgehead atoms. The highest BCUT2D eigenvalue weighted by Gasteiger charge is 2.23. The highest BCUT2D eigenvalue weighted by Crippen LogP contribution is 2.19. The normalized spacial score (nSPS) is 20.1. The molecule has 0 saturated carbocycles. The number of nitrogen functional groups attached to an aromatic ring is 1. The Morgan fingerprint density at radius 2 is 2.16 bits per heavy atom. The number of benzene rings is 1. The van der Waals surface area contributed by atoms with Gasteiger partial charge in [-0.2, -0.15) is 0 Å². The molecule has 102 valence electrons. The van der Waals surface area contributed by atoms with E-state index in [4.69, 9.17) is 10.5 Å². The summed E-state index contributed by atoms with van der Waals surface area (Å²) in [5, 5.41) is 3.66. The second-order valence-electron chi connectivity index (χ2n) is 4.16.